The van der Waals surface area contributed by atoms with Crippen LogP contribution >= 0.6 is 0 Å². The van der Waals surface area contributed by atoms with E-state index in [-0.39, 0.29) is 0 Å². The third-order valence-corrected chi connectivity index (χ3v) is 4.88. The lowest BCUT2D eigenvalue weighted by atomic mass is 10.1. The summed E-state index contributed by atoms with van der Waals surface area (Å²) >= 11 is 0. The maximum Gasteiger partial charge on any atom is 0.127 e. The van der Waals surface area contributed by atoms with Gasteiger partial charge in [0.1, 0.15) is 32.7 Å². The normalized spacial score (nSPS) is 21.6. The van der Waals surface area contributed by atoms with E-state index in [0.717, 1.165) is 6.54 Å². The van der Waals surface area contributed by atoms with Gasteiger partial charge in [-0.1, -0.05) is 60.7 Å². The highest BCUT2D eigenvalue weighted by molar-refractivity contribution is 5.48. The van der Waals surface area contributed by atoms with Crippen LogP contribution in [-0.4, -0.2) is 32.7 Å². The van der Waals surface area contributed by atoms with Crippen LogP contribution in [0.4, 0.5) is 0 Å². The second kappa shape index (κ2) is 8.09. The Bertz CT molecular complexity index is 625. The Morgan fingerprint density at radius 1 is 0.826 bits per heavy atom. The molecule has 0 aliphatic carbocycles. The van der Waals surface area contributed by atoms with Gasteiger partial charge in [-0.05, 0) is 24.1 Å². The zero-order valence-electron chi connectivity index (χ0n) is 14.1. The lowest BCUT2D eigenvalue weighted by molar-refractivity contribution is -1.02. The monoisotopic (exact) mass is 308 g/mol. The van der Waals surface area contributed by atoms with Crippen molar-refractivity contribution in [3.05, 3.63) is 77.4 Å². The molecule has 1 saturated heterocycles. The molecule has 0 saturated carbocycles. The highest BCUT2D eigenvalue weighted by atomic mass is 15.3. The highest BCUT2D eigenvalue weighted by Gasteiger charge is 2.22. The zero-order valence-corrected chi connectivity index (χ0v) is 14.1. The van der Waals surface area contributed by atoms with E-state index in [1.165, 1.54) is 49.4 Å². The van der Waals surface area contributed by atoms with Crippen LogP contribution in [0.5, 0.6) is 0 Å². The van der Waals surface area contributed by atoms with E-state index in [9.17, 15) is 0 Å². The summed E-state index contributed by atoms with van der Waals surface area (Å²) in [6.45, 7) is 9.67. The molecule has 2 aromatic carbocycles. The first kappa shape index (κ1) is 16.0. The van der Waals surface area contributed by atoms with Crippen molar-refractivity contribution < 1.29 is 9.80 Å². The predicted octanol–water partition coefficient (Wildman–Crippen LogP) is 0.992. The average molecular weight is 308 g/mol. The van der Waals surface area contributed by atoms with Gasteiger partial charge in [-0.25, -0.2) is 0 Å². The lowest BCUT2D eigenvalue weighted by Gasteiger charge is -2.29. The summed E-state index contributed by atoms with van der Waals surface area (Å²) in [6, 6.07) is 19.4. The fraction of sp³-hybridized carbons (Fsp3) is 0.333. The summed E-state index contributed by atoms with van der Waals surface area (Å²) in [4.78, 5) is 3.45. The van der Waals surface area contributed by atoms with Crippen molar-refractivity contribution in [1.82, 2.24) is 0 Å². The molecule has 0 aromatic heterocycles. The third kappa shape index (κ3) is 4.78. The standard InChI is InChI=1S/C21H26N2/c1-19-8-5-6-12-21(19)18-23-16-14-22(15-17-23)13-7-11-20-9-3-2-4-10-20/h2-12H,13-18H2,1H3/p+2/b11-7+. The maximum absolute atomic E-state index is 2.33. The topological polar surface area (TPSA) is 8.88 Å². The van der Waals surface area contributed by atoms with Gasteiger partial charge in [0.15, 0.2) is 0 Å². The first-order valence-electron chi connectivity index (χ1n) is 8.74. The van der Waals surface area contributed by atoms with Gasteiger partial charge in [-0.3, -0.25) is 0 Å². The minimum absolute atomic E-state index is 1.15. The molecule has 0 unspecified atom stereocenters. The number of benzene rings is 2. The van der Waals surface area contributed by atoms with E-state index in [1.807, 2.05) is 0 Å². The van der Waals surface area contributed by atoms with Crippen molar-refractivity contribution in [2.24, 2.45) is 0 Å². The number of aryl methyl sites for hydroxylation is 1. The van der Waals surface area contributed by atoms with Crippen LogP contribution in [0.15, 0.2) is 60.7 Å². The Kier molecular flexibility index (Phi) is 5.62. The van der Waals surface area contributed by atoms with E-state index in [4.69, 9.17) is 0 Å². The number of piperazine rings is 1. The van der Waals surface area contributed by atoms with E-state index in [0.29, 0.717) is 0 Å². The molecule has 23 heavy (non-hydrogen) atoms. The summed E-state index contributed by atoms with van der Waals surface area (Å²) < 4.78 is 0. The Morgan fingerprint density at radius 2 is 1.48 bits per heavy atom. The molecule has 0 spiro atoms. The van der Waals surface area contributed by atoms with Gasteiger partial charge >= 0.3 is 0 Å². The van der Waals surface area contributed by atoms with Gasteiger partial charge in [-0.2, -0.15) is 0 Å². The summed E-state index contributed by atoms with van der Waals surface area (Å²) in [6.07, 6.45) is 4.58. The molecule has 1 fully saturated rings. The fourth-order valence-corrected chi connectivity index (χ4v) is 3.34. The Hall–Kier alpha value is -1.90. The number of hydrogen-bond acceptors (Lipinski definition) is 0. The summed E-state index contributed by atoms with van der Waals surface area (Å²) in [7, 11) is 0. The van der Waals surface area contributed by atoms with Crippen molar-refractivity contribution in [3.63, 3.8) is 0 Å². The zero-order chi connectivity index (χ0) is 15.9. The summed E-state index contributed by atoms with van der Waals surface area (Å²) in [5.74, 6) is 0. The predicted molar refractivity (Wildman–Crippen MR) is 96.6 cm³/mol. The van der Waals surface area contributed by atoms with E-state index >= 15 is 0 Å². The maximum atomic E-state index is 2.33. The van der Waals surface area contributed by atoms with Crippen LogP contribution < -0.4 is 9.80 Å². The first-order valence-corrected chi connectivity index (χ1v) is 8.74. The number of quaternary nitrogens is 2. The first-order chi connectivity index (χ1) is 11.3. The number of rotatable bonds is 5. The lowest BCUT2D eigenvalue weighted by Crippen LogP contribution is -3.27. The molecular formula is C21H28N2+2. The van der Waals surface area contributed by atoms with E-state index in [2.05, 4.69) is 73.7 Å². The second-order valence-corrected chi connectivity index (χ2v) is 6.62. The van der Waals surface area contributed by atoms with Crippen molar-refractivity contribution in [2.45, 2.75) is 13.5 Å². The Labute approximate surface area is 140 Å². The van der Waals surface area contributed by atoms with Crippen molar-refractivity contribution in [3.8, 4) is 0 Å². The van der Waals surface area contributed by atoms with Crippen LogP contribution in [-0.2, 0) is 6.54 Å². The summed E-state index contributed by atoms with van der Waals surface area (Å²) in [5.41, 5.74) is 4.24. The average Bonchev–Trinajstić information content (AvgIpc) is 2.59. The van der Waals surface area contributed by atoms with Crippen molar-refractivity contribution in [2.75, 3.05) is 32.7 Å². The van der Waals surface area contributed by atoms with E-state index < -0.39 is 0 Å². The minimum Gasteiger partial charge on any atom is -0.322 e. The fourth-order valence-electron chi connectivity index (χ4n) is 3.34. The largest absolute Gasteiger partial charge is 0.322 e. The molecule has 0 radical (unpaired) electrons. The molecule has 0 bridgehead atoms. The van der Waals surface area contributed by atoms with Crippen LogP contribution in [0.25, 0.3) is 6.08 Å². The van der Waals surface area contributed by atoms with Crippen LogP contribution in [0.2, 0.25) is 0 Å². The molecule has 1 aliphatic rings. The van der Waals surface area contributed by atoms with Crippen molar-refractivity contribution >= 4 is 6.08 Å². The van der Waals surface area contributed by atoms with Gasteiger partial charge in [0.2, 0.25) is 0 Å². The van der Waals surface area contributed by atoms with Crippen LogP contribution in [0, 0.1) is 6.92 Å². The van der Waals surface area contributed by atoms with Gasteiger partial charge in [0, 0.05) is 5.56 Å². The molecule has 1 aliphatic heterocycles. The molecule has 120 valence electrons. The minimum atomic E-state index is 1.15. The summed E-state index contributed by atoms with van der Waals surface area (Å²) in [5, 5.41) is 0. The smallest absolute Gasteiger partial charge is 0.127 e. The molecule has 2 nitrogen and oxygen atoms in total. The van der Waals surface area contributed by atoms with Crippen LogP contribution in [0.3, 0.4) is 0 Å². The number of hydrogen-bond donors (Lipinski definition) is 2. The molecule has 3 rings (SSSR count). The van der Waals surface area contributed by atoms with Crippen molar-refractivity contribution in [1.29, 1.82) is 0 Å². The molecule has 1 heterocycles. The third-order valence-electron chi connectivity index (χ3n) is 4.88. The highest BCUT2D eigenvalue weighted by Crippen LogP contribution is 2.04. The quantitative estimate of drug-likeness (QED) is 0.815. The SMILES string of the molecule is Cc1ccccc1C[NH+]1CC[NH+](C/C=C/c2ccccc2)CC1. The molecule has 2 N–H and O–H groups in total. The molecule has 0 atom stereocenters. The number of nitrogens with one attached hydrogen (secondary N) is 2. The van der Waals surface area contributed by atoms with Gasteiger partial charge in [0.25, 0.3) is 0 Å². The molecule has 2 aromatic rings. The second-order valence-electron chi connectivity index (χ2n) is 6.62. The van der Waals surface area contributed by atoms with Gasteiger partial charge in [-0.15, -0.1) is 0 Å². The Morgan fingerprint density at radius 3 is 2.22 bits per heavy atom. The van der Waals surface area contributed by atoms with Crippen LogP contribution in [0.1, 0.15) is 16.7 Å². The van der Waals surface area contributed by atoms with Gasteiger partial charge in [0.05, 0.1) is 6.54 Å². The van der Waals surface area contributed by atoms with Gasteiger partial charge < -0.3 is 9.80 Å². The Balaban J connectivity index is 1.44. The molecule has 2 heteroatoms. The molecular weight excluding hydrogens is 280 g/mol. The molecule has 0 amide bonds. The van der Waals surface area contributed by atoms with E-state index in [1.54, 1.807) is 9.80 Å².